The molecular weight excluding hydrogens is 389 g/mol. The number of nitrogens with zero attached hydrogens (tertiary/aromatic N) is 1. The summed E-state index contributed by atoms with van der Waals surface area (Å²) in [7, 11) is 1.51. The molecule has 0 aliphatic heterocycles. The number of hydrogen-bond acceptors (Lipinski definition) is 5. The predicted octanol–water partition coefficient (Wildman–Crippen LogP) is 3.71. The summed E-state index contributed by atoms with van der Waals surface area (Å²) in [6.45, 7) is 3.59. The van der Waals surface area contributed by atoms with Crippen LogP contribution in [-0.2, 0) is 6.61 Å². The van der Waals surface area contributed by atoms with Crippen molar-refractivity contribution in [1.82, 2.24) is 4.57 Å². The Morgan fingerprint density at radius 1 is 1.00 bits per heavy atom. The highest BCUT2D eigenvalue weighted by molar-refractivity contribution is 5.49. The molecule has 7 heteroatoms. The third kappa shape index (κ3) is 5.61. The first-order valence-corrected chi connectivity index (χ1v) is 9.39. The summed E-state index contributed by atoms with van der Waals surface area (Å²) in [5.41, 5.74) is 0.0884. The maximum absolute atomic E-state index is 13.0. The molecular formula is C23H24FNO5. The minimum absolute atomic E-state index is 0.103. The summed E-state index contributed by atoms with van der Waals surface area (Å²) >= 11 is 0. The highest BCUT2D eigenvalue weighted by Crippen LogP contribution is 2.30. The van der Waals surface area contributed by atoms with Crippen LogP contribution in [0.2, 0.25) is 0 Å². The molecule has 0 radical (unpaired) electrons. The molecule has 0 spiro atoms. The Kier molecular flexibility index (Phi) is 6.42. The molecule has 0 aliphatic carbocycles. The van der Waals surface area contributed by atoms with Crippen LogP contribution in [0.15, 0.2) is 65.6 Å². The van der Waals surface area contributed by atoms with Crippen LogP contribution in [0, 0.1) is 5.82 Å². The fourth-order valence-electron chi connectivity index (χ4n) is 2.70. The summed E-state index contributed by atoms with van der Waals surface area (Å²) in [6.07, 6.45) is 1.65. The average molecular weight is 413 g/mol. The maximum Gasteiger partial charge on any atom is 0.255 e. The van der Waals surface area contributed by atoms with Crippen molar-refractivity contribution in [3.05, 3.63) is 82.5 Å². The van der Waals surface area contributed by atoms with Crippen LogP contribution in [0.3, 0.4) is 0 Å². The zero-order valence-corrected chi connectivity index (χ0v) is 17.1. The first-order chi connectivity index (χ1) is 14.2. The monoisotopic (exact) mass is 413 g/mol. The van der Waals surface area contributed by atoms with E-state index in [9.17, 15) is 14.3 Å². The number of aromatic nitrogens is 1. The number of methoxy groups -OCH3 is 1. The zero-order valence-electron chi connectivity index (χ0n) is 17.1. The standard InChI is InChI=1S/C23H24FNO5/c1-23(2,27)15-30-20-9-6-18(13-21(20)28-3)25-11-10-16(12-22(25)26)14-29-19-7-4-17(24)5-8-19/h4-13,27H,14-15H2,1-3H3. The Morgan fingerprint density at radius 2 is 1.73 bits per heavy atom. The van der Waals surface area contributed by atoms with Gasteiger partial charge in [-0.2, -0.15) is 0 Å². The lowest BCUT2D eigenvalue weighted by atomic mass is 10.2. The maximum atomic E-state index is 13.0. The van der Waals surface area contributed by atoms with E-state index in [1.807, 2.05) is 0 Å². The first-order valence-electron chi connectivity index (χ1n) is 9.39. The molecule has 1 N–H and O–H groups in total. The summed E-state index contributed by atoms with van der Waals surface area (Å²) in [5.74, 6) is 1.11. The third-order valence-corrected chi connectivity index (χ3v) is 4.21. The van der Waals surface area contributed by atoms with Gasteiger partial charge in [0.05, 0.1) is 18.4 Å². The summed E-state index contributed by atoms with van der Waals surface area (Å²) in [4.78, 5) is 12.6. The summed E-state index contributed by atoms with van der Waals surface area (Å²) in [6, 6.07) is 14.1. The molecule has 0 aliphatic rings. The van der Waals surface area contributed by atoms with E-state index in [0.29, 0.717) is 28.5 Å². The molecule has 0 saturated carbocycles. The van der Waals surface area contributed by atoms with Gasteiger partial charge < -0.3 is 19.3 Å². The van der Waals surface area contributed by atoms with E-state index in [-0.39, 0.29) is 24.6 Å². The topological polar surface area (TPSA) is 69.9 Å². The minimum Gasteiger partial charge on any atom is -0.493 e. The van der Waals surface area contributed by atoms with Crippen LogP contribution in [0.1, 0.15) is 19.4 Å². The molecule has 1 aromatic heterocycles. The van der Waals surface area contributed by atoms with E-state index in [2.05, 4.69) is 0 Å². The van der Waals surface area contributed by atoms with Crippen LogP contribution < -0.4 is 19.8 Å². The van der Waals surface area contributed by atoms with Crippen LogP contribution in [0.5, 0.6) is 17.2 Å². The van der Waals surface area contributed by atoms with Crippen molar-refractivity contribution in [3.63, 3.8) is 0 Å². The van der Waals surface area contributed by atoms with E-state index in [4.69, 9.17) is 14.2 Å². The van der Waals surface area contributed by atoms with Gasteiger partial charge in [0.1, 0.15) is 24.8 Å². The molecule has 1 heterocycles. The minimum atomic E-state index is -0.980. The number of hydrogen-bond donors (Lipinski definition) is 1. The van der Waals surface area contributed by atoms with E-state index in [0.717, 1.165) is 0 Å². The van der Waals surface area contributed by atoms with Crippen LogP contribution in [0.4, 0.5) is 4.39 Å². The van der Waals surface area contributed by atoms with Gasteiger partial charge >= 0.3 is 0 Å². The van der Waals surface area contributed by atoms with Crippen LogP contribution in [-0.4, -0.2) is 29.0 Å². The van der Waals surface area contributed by atoms with E-state index in [1.54, 1.807) is 44.3 Å². The molecule has 3 rings (SSSR count). The molecule has 0 unspecified atom stereocenters. The highest BCUT2D eigenvalue weighted by Gasteiger charge is 2.16. The lowest BCUT2D eigenvalue weighted by molar-refractivity contribution is 0.0276. The molecule has 2 aromatic carbocycles. The smallest absolute Gasteiger partial charge is 0.255 e. The molecule has 0 saturated heterocycles. The summed E-state index contributed by atoms with van der Waals surface area (Å²) in [5, 5.41) is 9.83. The molecule has 30 heavy (non-hydrogen) atoms. The zero-order chi connectivity index (χ0) is 21.7. The van der Waals surface area contributed by atoms with Crippen molar-refractivity contribution in [2.45, 2.75) is 26.1 Å². The third-order valence-electron chi connectivity index (χ3n) is 4.21. The van der Waals surface area contributed by atoms with Crippen LogP contribution in [0.25, 0.3) is 5.69 Å². The second-order valence-corrected chi connectivity index (χ2v) is 7.42. The van der Waals surface area contributed by atoms with Crippen molar-refractivity contribution in [2.24, 2.45) is 0 Å². The van der Waals surface area contributed by atoms with Crippen molar-refractivity contribution < 1.29 is 23.7 Å². The average Bonchev–Trinajstić information content (AvgIpc) is 2.71. The number of ether oxygens (including phenoxy) is 3. The lowest BCUT2D eigenvalue weighted by Gasteiger charge is -2.19. The number of aliphatic hydroxyl groups is 1. The summed E-state index contributed by atoms with van der Waals surface area (Å²) < 4.78 is 31.0. The van der Waals surface area contributed by atoms with Gasteiger partial charge in [-0.3, -0.25) is 9.36 Å². The second kappa shape index (κ2) is 9.00. The van der Waals surface area contributed by atoms with Crippen molar-refractivity contribution in [1.29, 1.82) is 0 Å². The molecule has 158 valence electrons. The molecule has 0 atom stereocenters. The van der Waals surface area contributed by atoms with Gasteiger partial charge in [0.15, 0.2) is 11.5 Å². The molecule has 3 aromatic rings. The molecule has 0 fully saturated rings. The van der Waals surface area contributed by atoms with E-state index in [1.165, 1.54) is 42.0 Å². The normalized spacial score (nSPS) is 11.2. The van der Waals surface area contributed by atoms with E-state index < -0.39 is 5.60 Å². The quantitative estimate of drug-likeness (QED) is 0.610. The number of halogens is 1. The highest BCUT2D eigenvalue weighted by atomic mass is 19.1. The fraction of sp³-hybridized carbons (Fsp3) is 0.261. The molecule has 0 bridgehead atoms. The second-order valence-electron chi connectivity index (χ2n) is 7.42. The van der Waals surface area contributed by atoms with Gasteiger partial charge in [0, 0.05) is 18.3 Å². The van der Waals surface area contributed by atoms with Crippen molar-refractivity contribution in [3.8, 4) is 22.9 Å². The Balaban J connectivity index is 1.75. The molecule has 6 nitrogen and oxygen atoms in total. The molecule has 0 amide bonds. The Morgan fingerprint density at radius 3 is 2.37 bits per heavy atom. The first kappa shape index (κ1) is 21.4. The Hall–Kier alpha value is -3.32. The van der Waals surface area contributed by atoms with Crippen molar-refractivity contribution >= 4 is 0 Å². The van der Waals surface area contributed by atoms with E-state index >= 15 is 0 Å². The Bertz CT molecular complexity index is 1050. The number of pyridine rings is 1. The van der Waals surface area contributed by atoms with Gasteiger partial charge in [0.2, 0.25) is 0 Å². The lowest BCUT2D eigenvalue weighted by Crippen LogP contribution is -2.28. The SMILES string of the molecule is COc1cc(-n2ccc(COc3ccc(F)cc3)cc2=O)ccc1OCC(C)(C)O. The van der Waals surface area contributed by atoms with Crippen molar-refractivity contribution in [2.75, 3.05) is 13.7 Å². The largest absolute Gasteiger partial charge is 0.493 e. The van der Waals surface area contributed by atoms with Gasteiger partial charge in [-0.25, -0.2) is 4.39 Å². The number of benzene rings is 2. The Labute approximate surface area is 174 Å². The number of rotatable bonds is 8. The fourth-order valence-corrected chi connectivity index (χ4v) is 2.70. The van der Waals surface area contributed by atoms with Crippen LogP contribution >= 0.6 is 0 Å². The van der Waals surface area contributed by atoms with Gasteiger partial charge in [-0.15, -0.1) is 0 Å². The predicted molar refractivity (Wildman–Crippen MR) is 111 cm³/mol. The van der Waals surface area contributed by atoms with Gasteiger partial charge in [-0.05, 0) is 61.9 Å². The van der Waals surface area contributed by atoms with Gasteiger partial charge in [0.25, 0.3) is 5.56 Å². The van der Waals surface area contributed by atoms with Gasteiger partial charge in [-0.1, -0.05) is 0 Å².